The molecule has 4 heteroatoms. The van der Waals surface area contributed by atoms with Gasteiger partial charge in [-0.3, -0.25) is 4.79 Å². The van der Waals surface area contributed by atoms with Crippen LogP contribution in [0.2, 0.25) is 0 Å². The van der Waals surface area contributed by atoms with Crippen molar-refractivity contribution in [2.75, 3.05) is 6.61 Å². The summed E-state index contributed by atoms with van der Waals surface area (Å²) in [5, 5.41) is 3.17. The second-order valence-corrected chi connectivity index (χ2v) is 10.9. The number of carbonyl (C=O) groups is 1. The molecule has 1 aromatic heterocycles. The molecule has 0 saturated heterocycles. The number of benzene rings is 1. The quantitative estimate of drug-likeness (QED) is 0.131. The Bertz CT molecular complexity index is 911. The number of hydrogen-bond donors (Lipinski definition) is 1. The van der Waals surface area contributed by atoms with E-state index in [1.807, 2.05) is 42.0 Å². The van der Waals surface area contributed by atoms with Gasteiger partial charge in [0.2, 0.25) is 0 Å². The predicted molar refractivity (Wildman–Crippen MR) is 160 cm³/mol. The van der Waals surface area contributed by atoms with Gasteiger partial charge in [-0.2, -0.15) is 4.57 Å². The summed E-state index contributed by atoms with van der Waals surface area (Å²) in [4.78, 5) is 12.9. The second-order valence-electron chi connectivity index (χ2n) is 10.9. The summed E-state index contributed by atoms with van der Waals surface area (Å²) < 4.78 is 8.05. The zero-order valence-electron chi connectivity index (χ0n) is 24.9. The number of rotatable bonds is 21. The fourth-order valence-electron chi connectivity index (χ4n) is 5.18. The van der Waals surface area contributed by atoms with Gasteiger partial charge in [-0.1, -0.05) is 103 Å². The number of nitrogens with zero attached hydrogens (tertiary/aromatic N) is 1. The molecule has 1 heterocycles. The zero-order chi connectivity index (χ0) is 27.4. The lowest BCUT2D eigenvalue weighted by Gasteiger charge is -2.17. The average molecular weight is 524 g/mol. The summed E-state index contributed by atoms with van der Waals surface area (Å²) >= 11 is 0. The molecule has 1 amide bonds. The highest BCUT2D eigenvalue weighted by Crippen LogP contribution is 2.23. The molecule has 0 aliphatic rings. The largest absolute Gasteiger partial charge is 0.494 e. The van der Waals surface area contributed by atoms with E-state index < -0.39 is 0 Å². The first-order chi connectivity index (χ1) is 18.6. The van der Waals surface area contributed by atoms with Gasteiger partial charge < -0.3 is 10.1 Å². The molecule has 2 rings (SSSR count). The van der Waals surface area contributed by atoms with E-state index in [0.717, 1.165) is 42.9 Å². The van der Waals surface area contributed by atoms with E-state index in [0.29, 0.717) is 5.69 Å². The number of unbranched alkanes of at least 4 members (excludes halogenated alkanes) is 13. The van der Waals surface area contributed by atoms with Crippen molar-refractivity contribution in [2.24, 2.45) is 0 Å². The fourth-order valence-corrected chi connectivity index (χ4v) is 5.18. The first kappa shape index (κ1) is 31.9. The van der Waals surface area contributed by atoms with Crippen LogP contribution in [0, 0.1) is 6.92 Å². The number of aryl methyl sites for hydroxylation is 2. The minimum atomic E-state index is -0.0716. The third-order valence-electron chi connectivity index (χ3n) is 7.46. The van der Waals surface area contributed by atoms with Crippen molar-refractivity contribution < 1.29 is 14.1 Å². The van der Waals surface area contributed by atoms with Crippen LogP contribution >= 0.6 is 0 Å². The van der Waals surface area contributed by atoms with Crippen LogP contribution in [0.1, 0.15) is 145 Å². The Morgan fingerprint density at radius 1 is 0.816 bits per heavy atom. The number of ether oxygens (including phenoxy) is 1. The molecule has 2 aromatic rings. The maximum atomic E-state index is 12.9. The predicted octanol–water partition coefficient (Wildman–Crippen LogP) is 9.04. The van der Waals surface area contributed by atoms with Gasteiger partial charge >= 0.3 is 5.91 Å². The molecule has 0 aliphatic carbocycles. The molecule has 1 unspecified atom stereocenters. The van der Waals surface area contributed by atoms with Gasteiger partial charge in [-0.15, -0.1) is 0 Å². The van der Waals surface area contributed by atoms with Gasteiger partial charge in [0.25, 0.3) is 5.69 Å². The molecule has 4 nitrogen and oxygen atoms in total. The molecule has 0 saturated carbocycles. The van der Waals surface area contributed by atoms with Crippen LogP contribution in [-0.4, -0.2) is 12.5 Å². The first-order valence-electron chi connectivity index (χ1n) is 15.6. The molecule has 1 aromatic carbocycles. The lowest BCUT2D eigenvalue weighted by atomic mass is 10.0. The molecule has 38 heavy (non-hydrogen) atoms. The number of aromatic nitrogens is 1. The minimum absolute atomic E-state index is 0.0379. The highest BCUT2D eigenvalue weighted by Gasteiger charge is 2.21. The van der Waals surface area contributed by atoms with Crippen molar-refractivity contribution in [3.63, 3.8) is 0 Å². The normalized spacial score (nSPS) is 11.9. The SMILES string of the molecule is CCCCCCCCCCCCCCCCOc1ccc(C(C)NC(=O)c2cccc[n+]2CCC)c(C)c1. The first-order valence-corrected chi connectivity index (χ1v) is 15.6. The summed E-state index contributed by atoms with van der Waals surface area (Å²) in [6.07, 6.45) is 22.1. The Balaban J connectivity index is 1.59. The smallest absolute Gasteiger partial charge is 0.316 e. The monoisotopic (exact) mass is 523 g/mol. The van der Waals surface area contributed by atoms with Crippen LogP contribution in [-0.2, 0) is 6.54 Å². The second kappa shape index (κ2) is 19.7. The summed E-state index contributed by atoms with van der Waals surface area (Å²) in [7, 11) is 0. The third kappa shape index (κ3) is 12.5. The fraction of sp³-hybridized carbons (Fsp3) is 0.647. The van der Waals surface area contributed by atoms with Crippen molar-refractivity contribution in [1.82, 2.24) is 5.32 Å². The number of carbonyl (C=O) groups excluding carboxylic acids is 1. The van der Waals surface area contributed by atoms with Gasteiger partial charge in [0, 0.05) is 18.6 Å². The van der Waals surface area contributed by atoms with Crippen LogP contribution in [0.25, 0.3) is 0 Å². The number of hydrogen-bond acceptors (Lipinski definition) is 2. The summed E-state index contributed by atoms with van der Waals surface area (Å²) in [6.45, 7) is 10.2. The van der Waals surface area contributed by atoms with Crippen LogP contribution in [0.5, 0.6) is 5.75 Å². The molecule has 1 N–H and O–H groups in total. The van der Waals surface area contributed by atoms with Crippen molar-refractivity contribution in [3.05, 3.63) is 59.4 Å². The molecule has 0 spiro atoms. The van der Waals surface area contributed by atoms with E-state index in [1.165, 1.54) is 83.5 Å². The Labute approximate surface area is 233 Å². The minimum Gasteiger partial charge on any atom is -0.494 e. The molecule has 212 valence electrons. The van der Waals surface area contributed by atoms with Crippen molar-refractivity contribution >= 4 is 5.91 Å². The van der Waals surface area contributed by atoms with Crippen molar-refractivity contribution in [1.29, 1.82) is 0 Å². The van der Waals surface area contributed by atoms with Gasteiger partial charge in [0.05, 0.1) is 12.6 Å². The van der Waals surface area contributed by atoms with Crippen molar-refractivity contribution in [3.8, 4) is 5.75 Å². The van der Waals surface area contributed by atoms with Crippen LogP contribution in [0.15, 0.2) is 42.6 Å². The number of nitrogens with one attached hydrogen (secondary N) is 1. The highest BCUT2D eigenvalue weighted by atomic mass is 16.5. The highest BCUT2D eigenvalue weighted by molar-refractivity contribution is 5.91. The van der Waals surface area contributed by atoms with Gasteiger partial charge in [-0.05, 0) is 49.6 Å². The van der Waals surface area contributed by atoms with E-state index in [2.05, 4.69) is 38.2 Å². The van der Waals surface area contributed by atoms with Gasteiger partial charge in [-0.25, -0.2) is 0 Å². The van der Waals surface area contributed by atoms with Crippen LogP contribution in [0.4, 0.5) is 0 Å². The molecule has 0 fully saturated rings. The van der Waals surface area contributed by atoms with Crippen LogP contribution in [0.3, 0.4) is 0 Å². The van der Waals surface area contributed by atoms with Crippen LogP contribution < -0.4 is 14.6 Å². The summed E-state index contributed by atoms with van der Waals surface area (Å²) in [6, 6.07) is 11.9. The van der Waals surface area contributed by atoms with E-state index in [9.17, 15) is 4.79 Å². The Hall–Kier alpha value is -2.36. The molecule has 0 aliphatic heterocycles. The Kier molecular flexibility index (Phi) is 16.5. The van der Waals surface area contributed by atoms with E-state index >= 15 is 0 Å². The molecule has 0 radical (unpaired) electrons. The maximum Gasteiger partial charge on any atom is 0.316 e. The average Bonchev–Trinajstić information content (AvgIpc) is 2.91. The molecule has 0 bridgehead atoms. The topological polar surface area (TPSA) is 42.2 Å². The Morgan fingerprint density at radius 2 is 1.42 bits per heavy atom. The van der Waals surface area contributed by atoms with E-state index in [4.69, 9.17) is 4.74 Å². The summed E-state index contributed by atoms with van der Waals surface area (Å²) in [5.74, 6) is 0.882. The van der Waals surface area contributed by atoms with E-state index in [-0.39, 0.29) is 11.9 Å². The molecular formula is C34H55N2O2+. The Morgan fingerprint density at radius 3 is 2.00 bits per heavy atom. The molecular weight excluding hydrogens is 468 g/mol. The standard InChI is InChI=1S/C34H54N2O2/c1-5-7-8-9-10-11-12-13-14-15-16-17-18-21-27-38-31-23-24-32(29(3)28-31)30(4)35-34(37)33-22-19-20-26-36(33)25-6-2/h19-20,22-24,26,28,30H,5-18,21,25,27H2,1-4H3/p+1. The maximum absolute atomic E-state index is 12.9. The zero-order valence-corrected chi connectivity index (χ0v) is 24.9. The molecule has 1 atom stereocenters. The van der Waals surface area contributed by atoms with E-state index in [1.54, 1.807) is 0 Å². The van der Waals surface area contributed by atoms with Gasteiger partial charge in [0.1, 0.15) is 12.3 Å². The van der Waals surface area contributed by atoms with Gasteiger partial charge in [0.15, 0.2) is 6.20 Å². The number of pyridine rings is 1. The van der Waals surface area contributed by atoms with Crippen molar-refractivity contribution in [2.45, 2.75) is 137 Å². The lowest BCUT2D eigenvalue weighted by molar-refractivity contribution is -0.698. The number of amides is 1. The summed E-state index contributed by atoms with van der Waals surface area (Å²) in [5.41, 5.74) is 2.97. The lowest BCUT2D eigenvalue weighted by Crippen LogP contribution is -2.43. The third-order valence-corrected chi connectivity index (χ3v) is 7.46.